The van der Waals surface area contributed by atoms with Crippen molar-refractivity contribution in [1.29, 1.82) is 5.26 Å². The summed E-state index contributed by atoms with van der Waals surface area (Å²) in [4.78, 5) is 26.7. The Morgan fingerprint density at radius 3 is 2.63 bits per heavy atom. The van der Waals surface area contributed by atoms with Gasteiger partial charge in [0.2, 0.25) is 11.8 Å². The summed E-state index contributed by atoms with van der Waals surface area (Å²) < 4.78 is 0. The lowest BCUT2D eigenvalue weighted by atomic mass is 9.84. The zero-order valence-electron chi connectivity index (χ0n) is 20.3. The summed E-state index contributed by atoms with van der Waals surface area (Å²) in [6.07, 6.45) is 8.56. The van der Waals surface area contributed by atoms with Gasteiger partial charge in [0.05, 0.1) is 24.5 Å². The summed E-state index contributed by atoms with van der Waals surface area (Å²) in [5, 5.41) is 15.2. The number of nitrogens with one attached hydrogen (secondary N) is 2. The lowest BCUT2D eigenvalue weighted by Gasteiger charge is -2.30. The van der Waals surface area contributed by atoms with E-state index >= 15 is 0 Å². The van der Waals surface area contributed by atoms with Gasteiger partial charge >= 0.3 is 0 Å². The molecule has 2 aromatic carbocycles. The lowest BCUT2D eigenvalue weighted by molar-refractivity contribution is -0.121. The first-order valence-corrected chi connectivity index (χ1v) is 13.0. The van der Waals surface area contributed by atoms with Crippen LogP contribution in [0.2, 0.25) is 0 Å². The molecule has 6 nitrogen and oxygen atoms in total. The average Bonchev–Trinajstić information content (AvgIpc) is 3.11. The van der Waals surface area contributed by atoms with Crippen molar-refractivity contribution in [3.8, 4) is 6.07 Å². The Balaban J connectivity index is 1.02. The summed E-state index contributed by atoms with van der Waals surface area (Å²) >= 11 is 0. The van der Waals surface area contributed by atoms with Crippen molar-refractivity contribution >= 4 is 17.5 Å². The summed E-state index contributed by atoms with van der Waals surface area (Å²) in [7, 11) is 0. The van der Waals surface area contributed by atoms with Crippen LogP contribution in [0.3, 0.4) is 0 Å². The number of amides is 2. The molecule has 3 aliphatic rings. The molecule has 0 atom stereocenters. The molecule has 0 unspecified atom stereocenters. The molecule has 2 aromatic rings. The van der Waals surface area contributed by atoms with Gasteiger partial charge in [-0.15, -0.1) is 0 Å². The van der Waals surface area contributed by atoms with E-state index in [1.54, 1.807) is 0 Å². The van der Waals surface area contributed by atoms with Crippen LogP contribution in [0.25, 0.3) is 0 Å². The van der Waals surface area contributed by atoms with Gasteiger partial charge in [-0.05, 0) is 97.9 Å². The molecule has 1 fully saturated rings. The molecular weight excluding hydrogens is 436 g/mol. The van der Waals surface area contributed by atoms with Crippen molar-refractivity contribution in [2.45, 2.75) is 63.8 Å². The van der Waals surface area contributed by atoms with Crippen LogP contribution in [0.5, 0.6) is 0 Å². The van der Waals surface area contributed by atoms with E-state index in [0.717, 1.165) is 73.6 Å². The van der Waals surface area contributed by atoms with Gasteiger partial charge in [-0.3, -0.25) is 9.59 Å². The van der Waals surface area contributed by atoms with Crippen LogP contribution < -0.4 is 10.6 Å². The zero-order valence-corrected chi connectivity index (χ0v) is 20.3. The maximum absolute atomic E-state index is 12.6. The minimum Gasteiger partial charge on any atom is -0.353 e. The topological polar surface area (TPSA) is 85.2 Å². The van der Waals surface area contributed by atoms with Crippen molar-refractivity contribution in [3.63, 3.8) is 0 Å². The third-order valence-electron chi connectivity index (χ3n) is 7.95. The first-order valence-electron chi connectivity index (χ1n) is 13.0. The molecule has 2 N–H and O–H groups in total. The smallest absolute Gasteiger partial charge is 0.228 e. The van der Waals surface area contributed by atoms with Crippen LogP contribution >= 0.6 is 0 Å². The monoisotopic (exact) mass is 470 g/mol. The Kier molecular flexibility index (Phi) is 7.15. The predicted octanol–water partition coefficient (Wildman–Crippen LogP) is 3.76. The molecule has 0 bridgehead atoms. The highest BCUT2D eigenvalue weighted by Crippen LogP contribution is 2.28. The molecule has 2 amide bonds. The first kappa shape index (κ1) is 23.6. The molecule has 0 spiro atoms. The number of anilines is 1. The molecule has 35 heavy (non-hydrogen) atoms. The minimum atomic E-state index is 0.0217. The fourth-order valence-corrected chi connectivity index (χ4v) is 5.88. The number of hydrogen-bond acceptors (Lipinski definition) is 4. The van der Waals surface area contributed by atoms with Gasteiger partial charge in [0.1, 0.15) is 0 Å². The van der Waals surface area contributed by atoms with Crippen LogP contribution in [0.4, 0.5) is 5.69 Å². The molecule has 1 aliphatic carbocycles. The summed E-state index contributed by atoms with van der Waals surface area (Å²) in [5.41, 5.74) is 6.33. The molecule has 0 aromatic heterocycles. The molecule has 6 heteroatoms. The molecule has 0 radical (unpaired) electrons. The van der Waals surface area contributed by atoms with Crippen molar-refractivity contribution in [1.82, 2.24) is 10.2 Å². The summed E-state index contributed by atoms with van der Waals surface area (Å²) in [6.45, 7) is 3.30. The normalized spacial score (nSPS) is 21.9. The minimum absolute atomic E-state index is 0.0217. The predicted molar refractivity (Wildman–Crippen MR) is 136 cm³/mol. The summed E-state index contributed by atoms with van der Waals surface area (Å²) in [6, 6.07) is 14.5. The number of hydrogen-bond donors (Lipinski definition) is 2. The second kappa shape index (κ2) is 10.6. The Hall–Kier alpha value is -3.17. The number of rotatable bonds is 6. The fourth-order valence-electron chi connectivity index (χ4n) is 5.88. The largest absolute Gasteiger partial charge is 0.353 e. The number of nitrogens with zero attached hydrogens (tertiary/aromatic N) is 2. The number of carbonyl (C=O) groups is 2. The third-order valence-corrected chi connectivity index (χ3v) is 7.95. The van der Waals surface area contributed by atoms with Gasteiger partial charge in [0.15, 0.2) is 0 Å². The molecule has 2 heterocycles. The van der Waals surface area contributed by atoms with Crippen molar-refractivity contribution in [2.75, 3.05) is 25.0 Å². The van der Waals surface area contributed by atoms with Crippen LogP contribution in [0.1, 0.15) is 59.9 Å². The highest BCUT2D eigenvalue weighted by molar-refractivity contribution is 5.99. The highest BCUT2D eigenvalue weighted by atomic mass is 16.2. The van der Waals surface area contributed by atoms with Crippen molar-refractivity contribution in [2.24, 2.45) is 5.92 Å². The van der Waals surface area contributed by atoms with E-state index in [9.17, 15) is 9.59 Å². The van der Waals surface area contributed by atoms with E-state index in [0.29, 0.717) is 12.8 Å². The second-order valence-electron chi connectivity index (χ2n) is 10.4. The fraction of sp³-hybridized carbons (Fsp3) is 0.483. The quantitative estimate of drug-likeness (QED) is 0.673. The highest BCUT2D eigenvalue weighted by Gasteiger charge is 2.24. The molecule has 2 aliphatic heterocycles. The Morgan fingerprint density at radius 2 is 1.83 bits per heavy atom. The molecule has 182 valence electrons. The standard InChI is InChI=1S/C29H34N4O2/c30-19-22-1-5-23-10-13-33(14-11-24(23)16-22)12-9-20-2-6-26(7-3-20)31-28(34)17-21-4-8-27-25(15-21)18-29(35)32-27/h1,4-5,8,15-16,20,26H,2-3,6-7,9-14,17-18H2,(H,31,34)(H,32,35). The van der Waals surface area contributed by atoms with Gasteiger partial charge < -0.3 is 15.5 Å². The van der Waals surface area contributed by atoms with E-state index in [1.807, 2.05) is 24.3 Å². The van der Waals surface area contributed by atoms with Crippen molar-refractivity contribution < 1.29 is 9.59 Å². The second-order valence-corrected chi connectivity index (χ2v) is 10.4. The number of benzene rings is 2. The zero-order chi connectivity index (χ0) is 24.2. The Morgan fingerprint density at radius 1 is 1.03 bits per heavy atom. The van der Waals surface area contributed by atoms with Crippen LogP contribution in [0, 0.1) is 17.2 Å². The van der Waals surface area contributed by atoms with Gasteiger partial charge in [0.25, 0.3) is 0 Å². The summed E-state index contributed by atoms with van der Waals surface area (Å²) in [5.74, 6) is 0.837. The van der Waals surface area contributed by atoms with E-state index in [1.165, 1.54) is 30.4 Å². The molecular formula is C29H34N4O2. The maximum Gasteiger partial charge on any atom is 0.228 e. The number of nitriles is 1. The third kappa shape index (κ3) is 5.91. The van der Waals surface area contributed by atoms with Gasteiger partial charge in [-0.2, -0.15) is 5.26 Å². The molecule has 0 saturated heterocycles. The number of carbonyl (C=O) groups excluding carboxylic acids is 2. The number of fused-ring (bicyclic) bond motifs is 2. The Bertz CT molecular complexity index is 1140. The van der Waals surface area contributed by atoms with E-state index in [2.05, 4.69) is 33.7 Å². The van der Waals surface area contributed by atoms with Crippen LogP contribution in [-0.2, 0) is 35.3 Å². The van der Waals surface area contributed by atoms with E-state index < -0.39 is 0 Å². The maximum atomic E-state index is 12.6. The van der Waals surface area contributed by atoms with Gasteiger partial charge in [-0.1, -0.05) is 18.2 Å². The first-order chi connectivity index (χ1) is 17.1. The SMILES string of the molecule is N#Cc1ccc2c(c1)CCN(CCC1CCC(NC(=O)Cc3ccc4c(c3)CC(=O)N4)CC1)CC2. The molecule has 5 rings (SSSR count). The molecule has 1 saturated carbocycles. The Labute approximate surface area is 207 Å². The van der Waals surface area contributed by atoms with E-state index in [4.69, 9.17) is 5.26 Å². The van der Waals surface area contributed by atoms with Crippen LogP contribution in [-0.4, -0.2) is 42.4 Å². The van der Waals surface area contributed by atoms with Crippen LogP contribution in [0.15, 0.2) is 36.4 Å². The average molecular weight is 471 g/mol. The lowest BCUT2D eigenvalue weighted by Crippen LogP contribution is -2.39. The van der Waals surface area contributed by atoms with Gasteiger partial charge in [0, 0.05) is 24.8 Å². The van der Waals surface area contributed by atoms with Crippen molar-refractivity contribution in [3.05, 3.63) is 64.2 Å². The van der Waals surface area contributed by atoms with Gasteiger partial charge in [-0.25, -0.2) is 0 Å². The van der Waals surface area contributed by atoms with E-state index in [-0.39, 0.29) is 17.9 Å².